The van der Waals surface area contributed by atoms with E-state index in [0.717, 1.165) is 43.9 Å². The molecule has 0 aliphatic carbocycles. The monoisotopic (exact) mass is 412 g/mol. The minimum absolute atomic E-state index is 0.784. The van der Waals surface area contributed by atoms with Gasteiger partial charge in [0.05, 0.1) is 7.11 Å². The Morgan fingerprint density at radius 3 is 1.93 bits per heavy atom. The second kappa shape index (κ2) is 8.34. The van der Waals surface area contributed by atoms with E-state index >= 15 is 4.57 Å². The highest BCUT2D eigenvalue weighted by atomic mass is 31.2. The molecule has 0 N–H and O–H groups in total. The molecule has 0 aliphatic heterocycles. The van der Waals surface area contributed by atoms with Crippen molar-refractivity contribution < 1.29 is 9.30 Å². The van der Waals surface area contributed by atoms with Crippen LogP contribution in [-0.4, -0.2) is 7.11 Å². The van der Waals surface area contributed by atoms with E-state index in [4.69, 9.17) is 4.74 Å². The Bertz CT molecular complexity index is 1230. The number of aryl methyl sites for hydroxylation is 2. The van der Waals surface area contributed by atoms with Crippen molar-refractivity contribution in [3.63, 3.8) is 0 Å². The minimum Gasteiger partial charge on any atom is -0.496 e. The molecule has 0 heterocycles. The summed E-state index contributed by atoms with van der Waals surface area (Å²) < 4.78 is 20.8. The fraction of sp³-hybridized carbons (Fsp3) is 0.111. The SMILES string of the molecule is COc1cccc(C)c1-c1ccccc1[P@@](=O)(c1ccccc1)c1ccccc1C. The highest BCUT2D eigenvalue weighted by Crippen LogP contribution is 2.47. The largest absolute Gasteiger partial charge is 0.496 e. The fourth-order valence-corrected chi connectivity index (χ4v) is 7.18. The van der Waals surface area contributed by atoms with Crippen molar-refractivity contribution in [1.82, 2.24) is 0 Å². The molecule has 0 aromatic heterocycles. The van der Waals surface area contributed by atoms with Crippen LogP contribution in [0.15, 0.2) is 97.1 Å². The molecule has 4 rings (SSSR count). The normalized spacial score (nSPS) is 12.9. The van der Waals surface area contributed by atoms with Gasteiger partial charge < -0.3 is 9.30 Å². The fourth-order valence-electron chi connectivity index (χ4n) is 4.08. The molecule has 0 bridgehead atoms. The van der Waals surface area contributed by atoms with Crippen molar-refractivity contribution in [3.05, 3.63) is 108 Å². The lowest BCUT2D eigenvalue weighted by atomic mass is 9.99. The van der Waals surface area contributed by atoms with Gasteiger partial charge in [-0.15, -0.1) is 0 Å². The topological polar surface area (TPSA) is 26.3 Å². The number of hydrogen-bond acceptors (Lipinski definition) is 2. The molecule has 4 aromatic carbocycles. The van der Waals surface area contributed by atoms with Crippen molar-refractivity contribution in [2.75, 3.05) is 7.11 Å². The lowest BCUT2D eigenvalue weighted by Gasteiger charge is -2.25. The van der Waals surface area contributed by atoms with E-state index in [1.165, 1.54) is 0 Å². The second-order valence-corrected chi connectivity index (χ2v) is 10.1. The van der Waals surface area contributed by atoms with E-state index in [9.17, 15) is 0 Å². The molecule has 3 heteroatoms. The molecule has 0 aliphatic rings. The molecule has 0 spiro atoms. The average Bonchev–Trinajstić information content (AvgIpc) is 2.79. The number of rotatable bonds is 5. The summed E-state index contributed by atoms with van der Waals surface area (Å²) in [5.41, 5.74) is 4.05. The van der Waals surface area contributed by atoms with Gasteiger partial charge in [-0.05, 0) is 36.6 Å². The summed E-state index contributed by atoms with van der Waals surface area (Å²) in [6, 6.07) is 31.8. The predicted molar refractivity (Wildman–Crippen MR) is 127 cm³/mol. The van der Waals surface area contributed by atoms with Gasteiger partial charge >= 0.3 is 0 Å². The van der Waals surface area contributed by atoms with Gasteiger partial charge in [0.1, 0.15) is 5.75 Å². The van der Waals surface area contributed by atoms with Gasteiger partial charge in [-0.1, -0.05) is 91.0 Å². The van der Waals surface area contributed by atoms with Crippen LogP contribution in [0.2, 0.25) is 0 Å². The maximum Gasteiger partial charge on any atom is 0.171 e. The third-order valence-electron chi connectivity index (χ3n) is 5.54. The van der Waals surface area contributed by atoms with Crippen LogP contribution >= 0.6 is 7.14 Å². The molecule has 0 radical (unpaired) electrons. The molecule has 4 aromatic rings. The van der Waals surface area contributed by atoms with Crippen LogP contribution in [-0.2, 0) is 4.57 Å². The quantitative estimate of drug-likeness (QED) is 0.398. The van der Waals surface area contributed by atoms with Crippen molar-refractivity contribution in [2.45, 2.75) is 13.8 Å². The van der Waals surface area contributed by atoms with Crippen LogP contribution < -0.4 is 20.7 Å². The zero-order valence-corrected chi connectivity index (χ0v) is 18.4. The smallest absolute Gasteiger partial charge is 0.171 e. The van der Waals surface area contributed by atoms with E-state index in [-0.39, 0.29) is 0 Å². The first-order valence-electron chi connectivity index (χ1n) is 10.0. The van der Waals surface area contributed by atoms with Gasteiger partial charge in [0, 0.05) is 21.5 Å². The molecular formula is C27H25O2P. The Balaban J connectivity index is 2.10. The highest BCUT2D eigenvalue weighted by molar-refractivity contribution is 7.85. The first-order valence-corrected chi connectivity index (χ1v) is 11.7. The molecular weight excluding hydrogens is 387 g/mol. The lowest BCUT2D eigenvalue weighted by molar-refractivity contribution is 0.416. The Morgan fingerprint density at radius 1 is 0.633 bits per heavy atom. The Kier molecular flexibility index (Phi) is 5.61. The summed E-state index contributed by atoms with van der Waals surface area (Å²) in [6.45, 7) is 4.09. The maximum atomic E-state index is 15.1. The van der Waals surface area contributed by atoms with Crippen molar-refractivity contribution in [3.8, 4) is 16.9 Å². The van der Waals surface area contributed by atoms with Crippen LogP contribution in [0, 0.1) is 13.8 Å². The summed E-state index contributed by atoms with van der Waals surface area (Å²) in [5.74, 6) is 0.784. The Labute approximate surface area is 178 Å². The van der Waals surface area contributed by atoms with Crippen LogP contribution in [0.5, 0.6) is 5.75 Å². The molecule has 0 saturated heterocycles. The first-order chi connectivity index (χ1) is 14.6. The van der Waals surface area contributed by atoms with E-state index in [2.05, 4.69) is 13.0 Å². The van der Waals surface area contributed by atoms with Crippen LogP contribution in [0.25, 0.3) is 11.1 Å². The number of benzene rings is 4. The average molecular weight is 412 g/mol. The number of hydrogen-bond donors (Lipinski definition) is 0. The van der Waals surface area contributed by atoms with Crippen LogP contribution in [0.4, 0.5) is 0 Å². The number of methoxy groups -OCH3 is 1. The predicted octanol–water partition coefficient (Wildman–Crippen LogP) is 5.62. The maximum absolute atomic E-state index is 15.1. The van der Waals surface area contributed by atoms with Gasteiger partial charge in [0.2, 0.25) is 0 Å². The molecule has 0 amide bonds. The van der Waals surface area contributed by atoms with E-state index in [1.807, 2.05) is 97.9 Å². The van der Waals surface area contributed by atoms with E-state index < -0.39 is 7.14 Å². The third kappa shape index (κ3) is 3.38. The van der Waals surface area contributed by atoms with Gasteiger partial charge in [-0.25, -0.2) is 0 Å². The highest BCUT2D eigenvalue weighted by Gasteiger charge is 2.33. The van der Waals surface area contributed by atoms with Gasteiger partial charge in [-0.2, -0.15) is 0 Å². The summed E-state index contributed by atoms with van der Waals surface area (Å²) in [4.78, 5) is 0. The molecule has 2 nitrogen and oxygen atoms in total. The molecule has 0 saturated carbocycles. The van der Waals surface area contributed by atoms with Crippen molar-refractivity contribution >= 4 is 23.1 Å². The molecule has 0 fully saturated rings. The molecule has 150 valence electrons. The summed E-state index contributed by atoms with van der Waals surface area (Å²) in [5, 5.41) is 2.54. The standard InChI is InChI=1S/C27H25O2P/c1-20-12-7-9-18-25(20)30(28,22-14-5-4-6-15-22)26-19-10-8-16-23(26)27-21(2)13-11-17-24(27)29-3/h4-19H,1-3H3/t30-/m1/s1. The molecule has 30 heavy (non-hydrogen) atoms. The van der Waals surface area contributed by atoms with E-state index in [1.54, 1.807) is 7.11 Å². The lowest BCUT2D eigenvalue weighted by Crippen LogP contribution is -2.28. The summed E-state index contributed by atoms with van der Waals surface area (Å²) >= 11 is 0. The second-order valence-electron chi connectivity index (χ2n) is 7.40. The minimum atomic E-state index is -3.12. The Morgan fingerprint density at radius 2 is 1.23 bits per heavy atom. The molecule has 0 unspecified atom stereocenters. The van der Waals surface area contributed by atoms with Crippen molar-refractivity contribution in [2.24, 2.45) is 0 Å². The Hall–Kier alpha value is -3.09. The molecule has 1 atom stereocenters. The zero-order chi connectivity index (χ0) is 21.1. The van der Waals surface area contributed by atoms with Crippen molar-refractivity contribution in [1.29, 1.82) is 0 Å². The van der Waals surface area contributed by atoms with Gasteiger partial charge in [0.15, 0.2) is 7.14 Å². The van der Waals surface area contributed by atoms with Gasteiger partial charge in [-0.3, -0.25) is 0 Å². The third-order valence-corrected chi connectivity index (χ3v) is 8.82. The van der Waals surface area contributed by atoms with Crippen LogP contribution in [0.3, 0.4) is 0 Å². The van der Waals surface area contributed by atoms with E-state index in [0.29, 0.717) is 0 Å². The number of ether oxygens (including phenoxy) is 1. The summed E-state index contributed by atoms with van der Waals surface area (Å²) in [7, 11) is -1.44. The zero-order valence-electron chi connectivity index (χ0n) is 17.5. The van der Waals surface area contributed by atoms with Gasteiger partial charge in [0.25, 0.3) is 0 Å². The first kappa shape index (κ1) is 20.2. The van der Waals surface area contributed by atoms with Crippen LogP contribution in [0.1, 0.15) is 11.1 Å². The summed E-state index contributed by atoms with van der Waals surface area (Å²) in [6.07, 6.45) is 0.